The lowest BCUT2D eigenvalue weighted by Gasteiger charge is -2.02. The molecule has 0 saturated carbocycles. The molecule has 0 amide bonds. The van der Waals surface area contributed by atoms with Gasteiger partial charge >= 0.3 is 0 Å². The van der Waals surface area contributed by atoms with Gasteiger partial charge in [-0.15, -0.1) is 22.7 Å². The van der Waals surface area contributed by atoms with Crippen LogP contribution in [0.2, 0.25) is 0 Å². The number of hydrogen-bond acceptors (Lipinski definition) is 4. The molecule has 0 aliphatic rings. The molecule has 0 spiro atoms. The van der Waals surface area contributed by atoms with Crippen molar-refractivity contribution in [3.05, 3.63) is 36.2 Å². The van der Waals surface area contributed by atoms with Crippen molar-refractivity contribution < 1.29 is 8.42 Å². The zero-order chi connectivity index (χ0) is 13.3. The van der Waals surface area contributed by atoms with Crippen LogP contribution in [-0.2, 0) is 16.6 Å². The molecule has 3 nitrogen and oxygen atoms in total. The van der Waals surface area contributed by atoms with Crippen molar-refractivity contribution in [2.24, 2.45) is 0 Å². The highest BCUT2D eigenvalue weighted by Crippen LogP contribution is 2.30. The summed E-state index contributed by atoms with van der Waals surface area (Å²) in [6.45, 7) is 2.18. The van der Waals surface area contributed by atoms with E-state index in [1.807, 2.05) is 19.1 Å². The van der Waals surface area contributed by atoms with Crippen molar-refractivity contribution in [3.8, 4) is 0 Å². The first-order valence-corrected chi connectivity index (χ1v) is 9.58. The Kier molecular flexibility index (Phi) is 4.66. The standard InChI is InChI=1S/C10H9Br2NO2S3/c1-6-4-9(17-10(6)12)18(14,15)13-5-7-2-3-8(11)16-7/h2-4,13H,5H2,1H3. The molecule has 0 aliphatic carbocycles. The van der Waals surface area contributed by atoms with Crippen molar-refractivity contribution in [3.63, 3.8) is 0 Å². The maximum atomic E-state index is 12.0. The predicted molar refractivity (Wildman–Crippen MR) is 82.8 cm³/mol. The fourth-order valence-electron chi connectivity index (χ4n) is 1.25. The van der Waals surface area contributed by atoms with Gasteiger partial charge in [0.05, 0.1) is 7.57 Å². The summed E-state index contributed by atoms with van der Waals surface area (Å²) < 4.78 is 28.9. The van der Waals surface area contributed by atoms with E-state index >= 15 is 0 Å². The second kappa shape index (κ2) is 5.72. The van der Waals surface area contributed by atoms with Gasteiger partial charge in [-0.1, -0.05) is 0 Å². The van der Waals surface area contributed by atoms with Crippen LogP contribution in [0.5, 0.6) is 0 Å². The van der Waals surface area contributed by atoms with Crippen LogP contribution in [0.25, 0.3) is 0 Å². The van der Waals surface area contributed by atoms with Crippen LogP contribution in [0.15, 0.2) is 30.0 Å². The van der Waals surface area contributed by atoms with Crippen molar-refractivity contribution >= 4 is 64.6 Å². The summed E-state index contributed by atoms with van der Waals surface area (Å²) in [6, 6.07) is 5.47. The van der Waals surface area contributed by atoms with E-state index in [9.17, 15) is 8.42 Å². The molecule has 2 aromatic rings. The molecule has 0 radical (unpaired) electrons. The predicted octanol–water partition coefficient (Wildman–Crippen LogP) is 4.12. The fraction of sp³-hybridized carbons (Fsp3) is 0.200. The highest BCUT2D eigenvalue weighted by Gasteiger charge is 2.18. The van der Waals surface area contributed by atoms with Crippen LogP contribution in [0.3, 0.4) is 0 Å². The lowest BCUT2D eigenvalue weighted by molar-refractivity contribution is 0.584. The SMILES string of the molecule is Cc1cc(S(=O)(=O)NCc2ccc(Br)s2)sc1Br. The van der Waals surface area contributed by atoms with E-state index in [4.69, 9.17) is 0 Å². The van der Waals surface area contributed by atoms with Crippen molar-refractivity contribution in [1.29, 1.82) is 0 Å². The van der Waals surface area contributed by atoms with Gasteiger partial charge in [-0.3, -0.25) is 0 Å². The van der Waals surface area contributed by atoms with E-state index in [0.717, 1.165) is 18.0 Å². The highest BCUT2D eigenvalue weighted by molar-refractivity contribution is 9.11. The summed E-state index contributed by atoms with van der Waals surface area (Å²) in [5.41, 5.74) is 0.930. The number of hydrogen-bond donors (Lipinski definition) is 1. The van der Waals surface area contributed by atoms with Crippen LogP contribution in [-0.4, -0.2) is 8.42 Å². The van der Waals surface area contributed by atoms with Gasteiger partial charge in [0.2, 0.25) is 10.0 Å². The molecule has 0 bridgehead atoms. The monoisotopic (exact) mass is 429 g/mol. The minimum Gasteiger partial charge on any atom is -0.206 e. The molecule has 8 heteroatoms. The summed E-state index contributed by atoms with van der Waals surface area (Å²) in [6.07, 6.45) is 0. The third-order valence-corrected chi connectivity index (χ3v) is 7.80. The largest absolute Gasteiger partial charge is 0.250 e. The van der Waals surface area contributed by atoms with Crippen LogP contribution in [0, 0.1) is 6.92 Å². The Bertz CT molecular complexity index is 641. The Hall–Kier alpha value is 0.270. The van der Waals surface area contributed by atoms with Gasteiger partial charge in [-0.25, -0.2) is 13.1 Å². The molecule has 0 unspecified atom stereocenters. The third-order valence-electron chi connectivity index (χ3n) is 2.16. The van der Waals surface area contributed by atoms with E-state index < -0.39 is 10.0 Å². The second-order valence-corrected chi connectivity index (χ2v) is 10.5. The highest BCUT2D eigenvalue weighted by atomic mass is 79.9. The van der Waals surface area contributed by atoms with E-state index in [0.29, 0.717) is 10.8 Å². The normalized spacial score (nSPS) is 11.9. The van der Waals surface area contributed by atoms with Crippen molar-refractivity contribution in [2.45, 2.75) is 17.7 Å². The smallest absolute Gasteiger partial charge is 0.206 e. The molecule has 1 N–H and O–H groups in total. The first-order valence-electron chi connectivity index (χ1n) is 4.88. The summed E-state index contributed by atoms with van der Waals surface area (Å²) in [5.74, 6) is 0. The van der Waals surface area contributed by atoms with E-state index in [2.05, 4.69) is 36.6 Å². The third kappa shape index (κ3) is 3.43. The summed E-state index contributed by atoms with van der Waals surface area (Å²) in [4.78, 5) is 0.970. The number of thiophene rings is 2. The van der Waals surface area contributed by atoms with Crippen molar-refractivity contribution in [1.82, 2.24) is 4.72 Å². The lowest BCUT2D eigenvalue weighted by atomic mass is 10.4. The van der Waals surface area contributed by atoms with Crippen LogP contribution >= 0.6 is 54.5 Å². The van der Waals surface area contributed by atoms with Crippen LogP contribution in [0.1, 0.15) is 10.4 Å². The maximum absolute atomic E-state index is 12.0. The van der Waals surface area contributed by atoms with Crippen LogP contribution in [0.4, 0.5) is 0 Å². The quantitative estimate of drug-likeness (QED) is 0.792. The average Bonchev–Trinajstić information content (AvgIpc) is 2.84. The Morgan fingerprint density at radius 2 is 2.00 bits per heavy atom. The number of sulfonamides is 1. The molecule has 0 saturated heterocycles. The van der Waals surface area contributed by atoms with Crippen molar-refractivity contribution in [2.75, 3.05) is 0 Å². The topological polar surface area (TPSA) is 46.2 Å². The summed E-state index contributed by atoms with van der Waals surface area (Å²) in [5, 5.41) is 0. The Morgan fingerprint density at radius 3 is 2.50 bits per heavy atom. The summed E-state index contributed by atoms with van der Waals surface area (Å²) >= 11 is 9.42. The van der Waals surface area contributed by atoms with E-state index in [1.165, 1.54) is 22.7 Å². The van der Waals surface area contributed by atoms with Gasteiger partial charge in [0.1, 0.15) is 4.21 Å². The lowest BCUT2D eigenvalue weighted by Crippen LogP contribution is -2.21. The molecule has 0 atom stereocenters. The van der Waals surface area contributed by atoms with Gasteiger partial charge in [0, 0.05) is 11.4 Å². The molecule has 2 aromatic heterocycles. The number of aryl methyl sites for hydroxylation is 1. The summed E-state index contributed by atoms with van der Waals surface area (Å²) in [7, 11) is -3.42. The zero-order valence-electron chi connectivity index (χ0n) is 9.24. The minimum absolute atomic E-state index is 0.313. The van der Waals surface area contributed by atoms with Crippen LogP contribution < -0.4 is 4.72 Å². The maximum Gasteiger partial charge on any atom is 0.250 e. The molecule has 0 fully saturated rings. The minimum atomic E-state index is -3.42. The van der Waals surface area contributed by atoms with E-state index in [-0.39, 0.29) is 0 Å². The van der Waals surface area contributed by atoms with Gasteiger partial charge in [0.25, 0.3) is 0 Å². The molecule has 18 heavy (non-hydrogen) atoms. The Morgan fingerprint density at radius 1 is 1.28 bits per heavy atom. The molecular weight excluding hydrogens is 422 g/mol. The second-order valence-electron chi connectivity index (χ2n) is 3.55. The molecular formula is C10H9Br2NO2S3. The van der Waals surface area contributed by atoms with Gasteiger partial charge in [-0.2, -0.15) is 0 Å². The Labute approximate surface area is 131 Å². The first kappa shape index (κ1) is 14.7. The fourth-order valence-corrected chi connectivity index (χ4v) is 6.04. The first-order chi connectivity index (χ1) is 8.38. The van der Waals surface area contributed by atoms with Gasteiger partial charge in [0.15, 0.2) is 0 Å². The molecule has 2 rings (SSSR count). The van der Waals surface area contributed by atoms with E-state index in [1.54, 1.807) is 6.07 Å². The zero-order valence-corrected chi connectivity index (χ0v) is 14.9. The average molecular weight is 431 g/mol. The Balaban J connectivity index is 2.12. The number of nitrogens with one attached hydrogen (secondary N) is 1. The molecule has 0 aromatic carbocycles. The van der Waals surface area contributed by atoms with Gasteiger partial charge in [-0.05, 0) is 62.5 Å². The number of halogens is 2. The molecule has 2 heterocycles. The number of rotatable bonds is 4. The molecule has 98 valence electrons. The van der Waals surface area contributed by atoms with Gasteiger partial charge < -0.3 is 0 Å². The molecule has 0 aliphatic heterocycles.